The first-order valence-electron chi connectivity index (χ1n) is 7.74. The quantitative estimate of drug-likeness (QED) is 0.443. The third-order valence-electron chi connectivity index (χ3n) is 3.45. The lowest BCUT2D eigenvalue weighted by atomic mass is 10.1. The molecular formula is C23H25N. The average Bonchev–Trinajstić information content (AvgIpc) is 2.90. The molecule has 1 heterocycles. The maximum absolute atomic E-state index is 3.97. The van der Waals surface area contributed by atoms with Crippen LogP contribution in [0.1, 0.15) is 29.4 Å². The van der Waals surface area contributed by atoms with Crippen molar-refractivity contribution in [1.82, 2.24) is 4.57 Å². The molecule has 0 atom stereocenters. The van der Waals surface area contributed by atoms with Gasteiger partial charge in [-0.2, -0.15) is 0 Å². The highest BCUT2D eigenvalue weighted by molar-refractivity contribution is 5.82. The van der Waals surface area contributed by atoms with E-state index >= 15 is 0 Å². The van der Waals surface area contributed by atoms with Crippen LogP contribution in [0.2, 0.25) is 0 Å². The maximum atomic E-state index is 3.97. The molecule has 122 valence electrons. The van der Waals surface area contributed by atoms with E-state index in [1.165, 1.54) is 0 Å². The minimum Gasteiger partial charge on any atom is -0.313 e. The van der Waals surface area contributed by atoms with Crippen molar-refractivity contribution in [3.63, 3.8) is 0 Å². The van der Waals surface area contributed by atoms with E-state index in [9.17, 15) is 0 Å². The zero-order chi connectivity index (χ0) is 17.9. The zero-order valence-corrected chi connectivity index (χ0v) is 14.4. The van der Waals surface area contributed by atoms with E-state index in [2.05, 4.69) is 44.4 Å². The Balaban J connectivity index is 3.83. The zero-order valence-electron chi connectivity index (χ0n) is 14.4. The van der Waals surface area contributed by atoms with E-state index in [0.29, 0.717) is 0 Å². The first-order valence-corrected chi connectivity index (χ1v) is 7.74. The number of nitrogens with zero attached hydrogens (tertiary/aromatic N) is 1. The summed E-state index contributed by atoms with van der Waals surface area (Å²) < 4.78 is 2.17. The lowest BCUT2D eigenvalue weighted by molar-refractivity contribution is 1.06. The van der Waals surface area contributed by atoms with Crippen molar-refractivity contribution in [2.24, 2.45) is 0 Å². The predicted octanol–water partition coefficient (Wildman–Crippen LogP) is 6.78. The molecule has 0 amide bonds. The molecule has 1 aromatic rings. The normalized spacial score (nSPS) is 12.1. The highest BCUT2D eigenvalue weighted by Crippen LogP contribution is 2.31. The van der Waals surface area contributed by atoms with Gasteiger partial charge in [0.05, 0.1) is 11.4 Å². The molecule has 0 saturated carbocycles. The van der Waals surface area contributed by atoms with Crippen molar-refractivity contribution in [3.05, 3.63) is 104 Å². The Morgan fingerprint density at radius 2 is 1.17 bits per heavy atom. The van der Waals surface area contributed by atoms with Gasteiger partial charge in [0.1, 0.15) is 0 Å². The Kier molecular flexibility index (Phi) is 7.80. The molecule has 0 N–H and O–H groups in total. The second kappa shape index (κ2) is 9.86. The van der Waals surface area contributed by atoms with Gasteiger partial charge < -0.3 is 4.57 Å². The van der Waals surface area contributed by atoms with Gasteiger partial charge in [-0.1, -0.05) is 87.6 Å². The molecule has 0 aliphatic carbocycles. The fraction of sp³-hybridized carbons (Fsp3) is 0.0435. The summed E-state index contributed by atoms with van der Waals surface area (Å²) in [5.41, 5.74) is 5.20. The van der Waals surface area contributed by atoms with Crippen molar-refractivity contribution in [2.45, 2.75) is 6.92 Å². The van der Waals surface area contributed by atoms with Crippen molar-refractivity contribution in [3.8, 4) is 0 Å². The number of hydrogen-bond acceptors (Lipinski definition) is 0. The van der Waals surface area contributed by atoms with E-state index in [4.69, 9.17) is 0 Å². The molecule has 0 saturated heterocycles. The van der Waals surface area contributed by atoms with E-state index in [0.717, 1.165) is 28.2 Å². The van der Waals surface area contributed by atoms with Gasteiger partial charge in [0.2, 0.25) is 0 Å². The van der Waals surface area contributed by atoms with E-state index in [1.807, 2.05) is 54.7 Å². The van der Waals surface area contributed by atoms with E-state index in [1.54, 1.807) is 18.2 Å². The molecule has 24 heavy (non-hydrogen) atoms. The third kappa shape index (κ3) is 4.23. The second-order valence-corrected chi connectivity index (χ2v) is 4.96. The first kappa shape index (κ1) is 19.0. The standard InChI is InChI=1S/C23H25N/c1-7-12-15-16-19(6)24-22(17-13-8-2)20(10-4)21(11-5)23(24)18-14-9-3/h7-18H,1-5H2,6H3/b15-12-,17-13-,18-14-,19-16+. The summed E-state index contributed by atoms with van der Waals surface area (Å²) >= 11 is 0. The molecule has 0 aliphatic rings. The topological polar surface area (TPSA) is 4.93 Å². The maximum Gasteiger partial charge on any atom is 0.0537 e. The van der Waals surface area contributed by atoms with Crippen LogP contribution >= 0.6 is 0 Å². The average molecular weight is 315 g/mol. The van der Waals surface area contributed by atoms with Crippen LogP contribution < -0.4 is 0 Å². The summed E-state index contributed by atoms with van der Waals surface area (Å²) in [5.74, 6) is 0. The predicted molar refractivity (Wildman–Crippen MR) is 112 cm³/mol. The van der Waals surface area contributed by atoms with Crippen LogP contribution in [0.3, 0.4) is 0 Å². The lowest BCUT2D eigenvalue weighted by Gasteiger charge is -2.10. The lowest BCUT2D eigenvalue weighted by Crippen LogP contribution is -1.99. The summed E-state index contributed by atoms with van der Waals surface area (Å²) in [6, 6.07) is 0. The van der Waals surface area contributed by atoms with E-state index in [-0.39, 0.29) is 0 Å². The van der Waals surface area contributed by atoms with Crippen LogP contribution in [0.5, 0.6) is 0 Å². The molecule has 1 aromatic heterocycles. The highest BCUT2D eigenvalue weighted by atomic mass is 15.0. The largest absolute Gasteiger partial charge is 0.313 e. The summed E-state index contributed by atoms with van der Waals surface area (Å²) in [5, 5.41) is 0. The molecule has 0 fully saturated rings. The van der Waals surface area contributed by atoms with Gasteiger partial charge in [0, 0.05) is 16.8 Å². The summed E-state index contributed by atoms with van der Waals surface area (Å²) in [6.45, 7) is 21.2. The monoisotopic (exact) mass is 315 g/mol. The third-order valence-corrected chi connectivity index (χ3v) is 3.45. The molecule has 0 unspecified atom stereocenters. The van der Waals surface area contributed by atoms with Gasteiger partial charge in [0.25, 0.3) is 0 Å². The SMILES string of the molecule is C=C/C=C\C=C(/C)n1c(/C=C\C=C)c(C=C)c(C=C)c1/C=C\C=C. The number of allylic oxidation sites excluding steroid dienone is 9. The van der Waals surface area contributed by atoms with Crippen molar-refractivity contribution in [2.75, 3.05) is 0 Å². The molecule has 0 aliphatic heterocycles. The fourth-order valence-electron chi connectivity index (χ4n) is 2.45. The molecule has 1 heteroatoms. The minimum absolute atomic E-state index is 1.03. The van der Waals surface area contributed by atoms with Gasteiger partial charge in [-0.25, -0.2) is 0 Å². The van der Waals surface area contributed by atoms with E-state index < -0.39 is 0 Å². The number of rotatable bonds is 9. The Hall–Kier alpha value is -3.06. The van der Waals surface area contributed by atoms with Gasteiger partial charge in [-0.05, 0) is 25.2 Å². The first-order chi connectivity index (χ1) is 11.7. The summed E-state index contributed by atoms with van der Waals surface area (Å²) in [6.07, 6.45) is 22.8. The number of aromatic nitrogens is 1. The van der Waals surface area contributed by atoms with Crippen molar-refractivity contribution in [1.29, 1.82) is 0 Å². The number of hydrogen-bond donors (Lipinski definition) is 0. The molecule has 0 bridgehead atoms. The van der Waals surface area contributed by atoms with Crippen LogP contribution in [0.4, 0.5) is 0 Å². The molecule has 0 spiro atoms. The van der Waals surface area contributed by atoms with Gasteiger partial charge in [0.15, 0.2) is 0 Å². The summed E-state index contributed by atoms with van der Waals surface area (Å²) in [4.78, 5) is 0. The smallest absolute Gasteiger partial charge is 0.0537 e. The van der Waals surface area contributed by atoms with Gasteiger partial charge in [-0.15, -0.1) is 0 Å². The second-order valence-electron chi connectivity index (χ2n) is 4.96. The Labute approximate surface area is 146 Å². The van der Waals surface area contributed by atoms with Crippen molar-refractivity contribution >= 4 is 30.0 Å². The molecule has 0 radical (unpaired) electrons. The Bertz CT molecular complexity index is 711. The van der Waals surface area contributed by atoms with Crippen LogP contribution in [-0.2, 0) is 0 Å². The van der Waals surface area contributed by atoms with Crippen LogP contribution in [0, 0.1) is 0 Å². The molecule has 1 rings (SSSR count). The summed E-state index contributed by atoms with van der Waals surface area (Å²) in [7, 11) is 0. The van der Waals surface area contributed by atoms with Gasteiger partial charge >= 0.3 is 0 Å². The highest BCUT2D eigenvalue weighted by Gasteiger charge is 2.16. The molecule has 1 nitrogen and oxygen atoms in total. The Morgan fingerprint density at radius 3 is 1.54 bits per heavy atom. The van der Waals surface area contributed by atoms with Crippen molar-refractivity contribution < 1.29 is 0 Å². The van der Waals surface area contributed by atoms with Crippen LogP contribution in [0.15, 0.2) is 81.5 Å². The van der Waals surface area contributed by atoms with Crippen LogP contribution in [-0.4, -0.2) is 4.57 Å². The van der Waals surface area contributed by atoms with Crippen LogP contribution in [0.25, 0.3) is 30.0 Å². The fourth-order valence-corrected chi connectivity index (χ4v) is 2.45. The van der Waals surface area contributed by atoms with Gasteiger partial charge in [-0.3, -0.25) is 0 Å². The minimum atomic E-state index is 1.03. The molecule has 0 aromatic carbocycles. The Morgan fingerprint density at radius 1 is 0.708 bits per heavy atom. The molecular weight excluding hydrogens is 290 g/mol.